The third kappa shape index (κ3) is 3.79. The second-order valence-corrected chi connectivity index (χ2v) is 6.44. The summed E-state index contributed by atoms with van der Waals surface area (Å²) in [6.45, 7) is 0.914. The topological polar surface area (TPSA) is 84.7 Å². The van der Waals surface area contributed by atoms with Gasteiger partial charge in [-0.05, 0) is 36.4 Å². The van der Waals surface area contributed by atoms with Crippen LogP contribution in [-0.2, 0) is 6.54 Å². The van der Waals surface area contributed by atoms with E-state index in [9.17, 15) is 4.79 Å². The first-order valence-electron chi connectivity index (χ1n) is 8.73. The highest BCUT2D eigenvalue weighted by molar-refractivity contribution is 6.33. The molecule has 4 aromatic rings. The van der Waals surface area contributed by atoms with Gasteiger partial charge in [0.25, 0.3) is 0 Å². The van der Waals surface area contributed by atoms with E-state index in [1.807, 2.05) is 41.0 Å². The van der Waals surface area contributed by atoms with Crippen LogP contribution in [-0.4, -0.2) is 32.1 Å². The molecular weight excluding hydrogens is 376 g/mol. The van der Waals surface area contributed by atoms with Crippen molar-refractivity contribution < 1.29 is 4.79 Å². The monoisotopic (exact) mass is 392 g/mol. The van der Waals surface area contributed by atoms with E-state index in [4.69, 9.17) is 11.6 Å². The van der Waals surface area contributed by atoms with Crippen LogP contribution in [0.3, 0.4) is 0 Å². The summed E-state index contributed by atoms with van der Waals surface area (Å²) in [5.41, 5.74) is 3.07. The van der Waals surface area contributed by atoms with Gasteiger partial charge in [-0.3, -0.25) is 4.98 Å². The second kappa shape index (κ2) is 8.06. The Kier molecular flexibility index (Phi) is 5.16. The Morgan fingerprint density at radius 3 is 2.68 bits per heavy atom. The third-order valence-corrected chi connectivity index (χ3v) is 4.51. The number of benzene rings is 1. The molecule has 4 rings (SSSR count). The third-order valence-electron chi connectivity index (χ3n) is 4.19. The van der Waals surface area contributed by atoms with Crippen LogP contribution in [0.2, 0.25) is 5.02 Å². The lowest BCUT2D eigenvalue weighted by atomic mass is 10.2. The smallest absolute Gasteiger partial charge is 0.319 e. The number of urea groups is 1. The Morgan fingerprint density at radius 2 is 1.86 bits per heavy atom. The number of imidazole rings is 1. The summed E-state index contributed by atoms with van der Waals surface area (Å²) in [4.78, 5) is 25.4. The van der Waals surface area contributed by atoms with Crippen molar-refractivity contribution in [2.45, 2.75) is 6.54 Å². The van der Waals surface area contributed by atoms with E-state index in [1.165, 1.54) is 0 Å². The molecule has 0 atom stereocenters. The van der Waals surface area contributed by atoms with Gasteiger partial charge in [0, 0.05) is 37.2 Å². The van der Waals surface area contributed by atoms with Crippen LogP contribution in [0.25, 0.3) is 22.6 Å². The highest BCUT2D eigenvalue weighted by Gasteiger charge is 2.13. The summed E-state index contributed by atoms with van der Waals surface area (Å²) in [6, 6.07) is 14.3. The molecule has 0 saturated carbocycles. The number of hydrogen-bond acceptors (Lipinski definition) is 4. The summed E-state index contributed by atoms with van der Waals surface area (Å²) < 4.78 is 1.99. The zero-order chi connectivity index (χ0) is 19.3. The first-order valence-corrected chi connectivity index (χ1v) is 9.11. The van der Waals surface area contributed by atoms with Crippen LogP contribution in [0.4, 0.5) is 10.5 Å². The van der Waals surface area contributed by atoms with Gasteiger partial charge in [0.1, 0.15) is 11.3 Å². The number of carbonyl (C=O) groups excluding carboxylic acids is 1. The van der Waals surface area contributed by atoms with Crippen molar-refractivity contribution in [2.24, 2.45) is 0 Å². The van der Waals surface area contributed by atoms with E-state index < -0.39 is 0 Å². The maximum Gasteiger partial charge on any atom is 0.319 e. The predicted molar refractivity (Wildman–Crippen MR) is 109 cm³/mol. The summed E-state index contributed by atoms with van der Waals surface area (Å²) >= 11 is 6.07. The number of rotatable bonds is 5. The molecule has 3 aromatic heterocycles. The summed E-state index contributed by atoms with van der Waals surface area (Å²) in [5.74, 6) is 0.782. The number of para-hydroxylation sites is 1. The molecule has 0 bridgehead atoms. The van der Waals surface area contributed by atoms with Gasteiger partial charge < -0.3 is 15.2 Å². The minimum atomic E-state index is -0.323. The number of amides is 2. The van der Waals surface area contributed by atoms with Crippen LogP contribution in [0.15, 0.2) is 67.1 Å². The molecule has 0 spiro atoms. The molecule has 7 nitrogen and oxygen atoms in total. The molecule has 2 amide bonds. The Hall–Kier alpha value is -3.45. The van der Waals surface area contributed by atoms with Gasteiger partial charge in [-0.15, -0.1) is 0 Å². The minimum Gasteiger partial charge on any atom is -0.336 e. The van der Waals surface area contributed by atoms with E-state index in [0.29, 0.717) is 23.8 Å². The molecule has 0 fully saturated rings. The number of halogens is 1. The van der Waals surface area contributed by atoms with Crippen LogP contribution >= 0.6 is 11.6 Å². The zero-order valence-corrected chi connectivity index (χ0v) is 15.6. The number of fused-ring (bicyclic) bond motifs is 1. The fourth-order valence-corrected chi connectivity index (χ4v) is 3.08. The number of aromatic nitrogens is 4. The summed E-state index contributed by atoms with van der Waals surface area (Å²) in [7, 11) is 0. The fourth-order valence-electron chi connectivity index (χ4n) is 2.90. The van der Waals surface area contributed by atoms with Crippen molar-refractivity contribution in [3.8, 4) is 11.4 Å². The van der Waals surface area contributed by atoms with Gasteiger partial charge in [-0.25, -0.2) is 14.8 Å². The van der Waals surface area contributed by atoms with Crippen molar-refractivity contribution in [1.29, 1.82) is 0 Å². The normalized spacial score (nSPS) is 10.8. The van der Waals surface area contributed by atoms with Gasteiger partial charge >= 0.3 is 6.03 Å². The lowest BCUT2D eigenvalue weighted by molar-refractivity contribution is 0.251. The highest BCUT2D eigenvalue weighted by atomic mass is 35.5. The van der Waals surface area contributed by atoms with Crippen LogP contribution < -0.4 is 10.6 Å². The van der Waals surface area contributed by atoms with Crippen LogP contribution in [0.1, 0.15) is 0 Å². The van der Waals surface area contributed by atoms with Gasteiger partial charge in [-0.2, -0.15) is 0 Å². The number of hydrogen-bond donors (Lipinski definition) is 2. The first kappa shape index (κ1) is 17.9. The predicted octanol–water partition coefficient (Wildman–Crippen LogP) is 3.97. The second-order valence-electron chi connectivity index (χ2n) is 6.03. The van der Waals surface area contributed by atoms with E-state index in [2.05, 4.69) is 25.6 Å². The summed E-state index contributed by atoms with van der Waals surface area (Å²) in [6.07, 6.45) is 5.18. The number of nitrogens with one attached hydrogen (secondary N) is 2. The molecule has 140 valence electrons. The minimum absolute atomic E-state index is 0.323. The van der Waals surface area contributed by atoms with Crippen molar-refractivity contribution in [3.05, 3.63) is 72.1 Å². The molecule has 0 saturated heterocycles. The molecule has 0 aliphatic rings. The molecular formula is C20H17ClN6O. The van der Waals surface area contributed by atoms with Crippen LogP contribution in [0, 0.1) is 0 Å². The molecule has 2 N–H and O–H groups in total. The fraction of sp³-hybridized carbons (Fsp3) is 0.100. The Labute approximate surface area is 166 Å². The van der Waals surface area contributed by atoms with Crippen LogP contribution in [0.5, 0.6) is 0 Å². The highest BCUT2D eigenvalue weighted by Crippen LogP contribution is 2.23. The maximum absolute atomic E-state index is 12.2. The number of anilines is 1. The van der Waals surface area contributed by atoms with Gasteiger partial charge in [-0.1, -0.05) is 23.7 Å². The van der Waals surface area contributed by atoms with Crippen molar-refractivity contribution >= 4 is 34.5 Å². The number of carbonyl (C=O) groups is 1. The lowest BCUT2D eigenvalue weighted by Crippen LogP contribution is -2.31. The first-order chi connectivity index (χ1) is 13.7. The Balaban J connectivity index is 1.50. The van der Waals surface area contributed by atoms with Crippen molar-refractivity contribution in [1.82, 2.24) is 24.8 Å². The molecule has 8 heteroatoms. The SMILES string of the molecule is O=C(NCCn1c(-c2ccncc2)nc2cccnc21)Nc1ccccc1Cl. The molecule has 0 radical (unpaired) electrons. The van der Waals surface area contributed by atoms with Gasteiger partial charge in [0.15, 0.2) is 5.65 Å². The van der Waals surface area contributed by atoms with Crippen molar-refractivity contribution in [3.63, 3.8) is 0 Å². The van der Waals surface area contributed by atoms with Crippen molar-refractivity contribution in [2.75, 3.05) is 11.9 Å². The largest absolute Gasteiger partial charge is 0.336 e. The zero-order valence-electron chi connectivity index (χ0n) is 14.8. The lowest BCUT2D eigenvalue weighted by Gasteiger charge is -2.11. The van der Waals surface area contributed by atoms with E-state index in [-0.39, 0.29) is 6.03 Å². The number of pyridine rings is 2. The average molecular weight is 393 g/mol. The van der Waals surface area contributed by atoms with E-state index in [1.54, 1.807) is 30.7 Å². The molecule has 0 unspecified atom stereocenters. The average Bonchev–Trinajstić information content (AvgIpc) is 3.09. The van der Waals surface area contributed by atoms with E-state index in [0.717, 1.165) is 22.6 Å². The molecule has 3 heterocycles. The Morgan fingerprint density at radius 1 is 1.04 bits per heavy atom. The standard InChI is InChI=1S/C20H17ClN6O/c21-15-4-1-2-5-16(15)26-20(28)24-12-13-27-18(14-7-10-22-11-8-14)25-17-6-3-9-23-19(17)27/h1-11H,12-13H2,(H2,24,26,28). The molecule has 0 aliphatic carbocycles. The van der Waals surface area contributed by atoms with Gasteiger partial charge in [0.05, 0.1) is 10.7 Å². The summed E-state index contributed by atoms with van der Waals surface area (Å²) in [5, 5.41) is 6.07. The Bertz CT molecular complexity index is 1110. The maximum atomic E-state index is 12.2. The molecule has 28 heavy (non-hydrogen) atoms. The molecule has 0 aliphatic heterocycles. The number of nitrogens with zero attached hydrogens (tertiary/aromatic N) is 4. The quantitative estimate of drug-likeness (QED) is 0.538. The molecule has 1 aromatic carbocycles. The van der Waals surface area contributed by atoms with Gasteiger partial charge in [0.2, 0.25) is 0 Å². The van der Waals surface area contributed by atoms with E-state index >= 15 is 0 Å².